The van der Waals surface area contributed by atoms with Crippen molar-refractivity contribution < 1.29 is 18.0 Å². The molecule has 4 heterocycles. The first-order valence-electron chi connectivity index (χ1n) is 11.4. The van der Waals surface area contributed by atoms with Gasteiger partial charge in [0, 0.05) is 36.0 Å². The van der Waals surface area contributed by atoms with E-state index in [2.05, 4.69) is 12.0 Å². The summed E-state index contributed by atoms with van der Waals surface area (Å²) >= 11 is 0. The number of fused-ring (bicyclic) bond motifs is 4. The molecule has 2 aliphatic heterocycles. The molecular formula is C25H26F3N5O. The zero-order valence-corrected chi connectivity index (χ0v) is 19.5. The molecule has 1 aromatic carbocycles. The minimum absolute atomic E-state index is 0.0357. The summed E-state index contributed by atoms with van der Waals surface area (Å²) in [6.07, 6.45) is 1.35. The first kappa shape index (κ1) is 22.6. The highest BCUT2D eigenvalue weighted by Gasteiger charge is 2.46. The Balaban J connectivity index is 1.63. The lowest BCUT2D eigenvalue weighted by Crippen LogP contribution is -2.54. The summed E-state index contributed by atoms with van der Waals surface area (Å²) in [5, 5.41) is 4.28. The normalized spacial score (nSPS) is 22.0. The molecule has 2 aromatic heterocycles. The maximum absolute atomic E-state index is 13.8. The summed E-state index contributed by atoms with van der Waals surface area (Å²) in [5.41, 5.74) is 2.81. The molecule has 3 aromatic rings. The van der Waals surface area contributed by atoms with Gasteiger partial charge in [-0.05, 0) is 56.7 Å². The Morgan fingerprint density at radius 3 is 2.59 bits per heavy atom. The van der Waals surface area contributed by atoms with Crippen LogP contribution in [0, 0.1) is 19.8 Å². The van der Waals surface area contributed by atoms with Gasteiger partial charge in [-0.3, -0.25) is 9.48 Å². The third kappa shape index (κ3) is 3.58. The van der Waals surface area contributed by atoms with Crippen LogP contribution in [0.1, 0.15) is 64.4 Å². The van der Waals surface area contributed by atoms with Crippen LogP contribution in [-0.4, -0.2) is 36.6 Å². The smallest absolute Gasteiger partial charge is 0.326 e. The number of amides is 1. The molecule has 9 heteroatoms. The van der Waals surface area contributed by atoms with Gasteiger partial charge in [0.05, 0.1) is 29.2 Å². The van der Waals surface area contributed by atoms with E-state index in [4.69, 9.17) is 9.97 Å². The van der Waals surface area contributed by atoms with Gasteiger partial charge >= 0.3 is 6.18 Å². The molecule has 0 radical (unpaired) electrons. The third-order valence-electron chi connectivity index (χ3n) is 7.21. The van der Waals surface area contributed by atoms with Crippen molar-refractivity contribution in [3.05, 3.63) is 64.4 Å². The lowest BCUT2D eigenvalue weighted by Gasteiger charge is -2.49. The number of benzene rings is 1. The van der Waals surface area contributed by atoms with Gasteiger partial charge in [0.25, 0.3) is 5.91 Å². The Hall–Kier alpha value is -3.23. The van der Waals surface area contributed by atoms with E-state index in [-0.39, 0.29) is 35.0 Å². The number of aryl methyl sites for hydroxylation is 2. The first-order valence-corrected chi connectivity index (χ1v) is 11.4. The van der Waals surface area contributed by atoms with Crippen LogP contribution in [0.2, 0.25) is 0 Å². The molecule has 2 bridgehead atoms. The first-order chi connectivity index (χ1) is 16.1. The zero-order chi connectivity index (χ0) is 24.4. The molecule has 2 aliphatic rings. The van der Waals surface area contributed by atoms with E-state index in [9.17, 15) is 18.0 Å². The molecular weight excluding hydrogens is 443 g/mol. The highest BCUT2D eigenvalue weighted by Crippen LogP contribution is 2.46. The second-order valence-electron chi connectivity index (χ2n) is 9.42. The van der Waals surface area contributed by atoms with Gasteiger partial charge in [0.15, 0.2) is 0 Å². The molecule has 0 saturated carbocycles. The number of rotatable bonds is 2. The van der Waals surface area contributed by atoms with Crippen LogP contribution in [0.3, 0.4) is 0 Å². The number of nitrogens with zero attached hydrogens (tertiary/aromatic N) is 5. The van der Waals surface area contributed by atoms with Gasteiger partial charge in [-0.25, -0.2) is 9.97 Å². The molecule has 0 spiro atoms. The maximum Gasteiger partial charge on any atom is 0.416 e. The monoisotopic (exact) mass is 469 g/mol. The molecule has 3 atom stereocenters. The van der Waals surface area contributed by atoms with Crippen LogP contribution >= 0.6 is 0 Å². The minimum Gasteiger partial charge on any atom is -0.326 e. The fourth-order valence-electron chi connectivity index (χ4n) is 5.52. The van der Waals surface area contributed by atoms with Crippen LogP contribution in [-0.2, 0) is 19.6 Å². The number of carbonyl (C=O) groups is 1. The third-order valence-corrected chi connectivity index (χ3v) is 7.21. The van der Waals surface area contributed by atoms with E-state index in [0.717, 1.165) is 35.0 Å². The SMILES string of the molecule is Cc1nc(-c2cnn(C)c2)c2c(n1)[C@H]1CC[C@H](C)[C@@H](C2)N1C(=O)c1cccc(C(F)(F)F)c1C. The number of hydrogen-bond acceptors (Lipinski definition) is 4. The topological polar surface area (TPSA) is 63.9 Å². The molecule has 1 fully saturated rings. The molecule has 178 valence electrons. The van der Waals surface area contributed by atoms with Crippen LogP contribution in [0.15, 0.2) is 30.6 Å². The van der Waals surface area contributed by atoms with Gasteiger partial charge in [0.2, 0.25) is 0 Å². The van der Waals surface area contributed by atoms with E-state index in [1.807, 2.05) is 20.2 Å². The van der Waals surface area contributed by atoms with E-state index in [1.165, 1.54) is 19.1 Å². The summed E-state index contributed by atoms with van der Waals surface area (Å²) < 4.78 is 42.3. The molecule has 0 aliphatic carbocycles. The van der Waals surface area contributed by atoms with Crippen molar-refractivity contribution in [3.8, 4) is 11.3 Å². The minimum atomic E-state index is -4.51. The highest BCUT2D eigenvalue weighted by atomic mass is 19.4. The standard InChI is InChI=1S/C25H26F3N5O/c1-13-8-9-20-23-18(22(30-15(3)31-23)16-11-29-32(4)12-16)10-21(13)33(20)24(34)17-6-5-7-19(14(17)2)25(26,27)28/h5-7,11-13,20-21H,8-10H2,1-4H3/t13-,20+,21+/m0/s1. The fourth-order valence-corrected chi connectivity index (χ4v) is 5.52. The second-order valence-corrected chi connectivity index (χ2v) is 9.42. The highest BCUT2D eigenvalue weighted by molar-refractivity contribution is 5.97. The molecule has 0 N–H and O–H groups in total. The quantitative estimate of drug-likeness (QED) is 0.527. The van der Waals surface area contributed by atoms with Crippen molar-refractivity contribution in [1.82, 2.24) is 24.6 Å². The number of halogens is 3. The summed E-state index contributed by atoms with van der Waals surface area (Å²) in [6.45, 7) is 5.30. The largest absolute Gasteiger partial charge is 0.416 e. The van der Waals surface area contributed by atoms with Crippen LogP contribution in [0.5, 0.6) is 0 Å². The van der Waals surface area contributed by atoms with Crippen molar-refractivity contribution >= 4 is 5.91 Å². The predicted molar refractivity (Wildman–Crippen MR) is 120 cm³/mol. The van der Waals surface area contributed by atoms with Gasteiger partial charge < -0.3 is 4.90 Å². The lowest BCUT2D eigenvalue weighted by atomic mass is 9.75. The molecule has 1 saturated heterocycles. The Kier molecular flexibility index (Phi) is 5.26. The number of aromatic nitrogens is 4. The summed E-state index contributed by atoms with van der Waals surface area (Å²) in [4.78, 5) is 25.1. The van der Waals surface area contributed by atoms with E-state index < -0.39 is 11.7 Å². The van der Waals surface area contributed by atoms with E-state index in [1.54, 1.807) is 15.8 Å². The van der Waals surface area contributed by atoms with Gasteiger partial charge in [-0.15, -0.1) is 0 Å². The Morgan fingerprint density at radius 1 is 1.15 bits per heavy atom. The maximum atomic E-state index is 13.8. The summed E-state index contributed by atoms with van der Waals surface area (Å²) in [6, 6.07) is 3.39. The summed E-state index contributed by atoms with van der Waals surface area (Å²) in [7, 11) is 1.85. The van der Waals surface area contributed by atoms with Crippen molar-refractivity contribution in [2.24, 2.45) is 13.0 Å². The van der Waals surface area contributed by atoms with E-state index in [0.29, 0.717) is 18.7 Å². The summed E-state index contributed by atoms with van der Waals surface area (Å²) in [5.74, 6) is 0.426. The average molecular weight is 470 g/mol. The van der Waals surface area contributed by atoms with Crippen LogP contribution in [0.25, 0.3) is 11.3 Å². The van der Waals surface area contributed by atoms with Crippen molar-refractivity contribution in [1.29, 1.82) is 0 Å². The lowest BCUT2D eigenvalue weighted by molar-refractivity contribution is -0.138. The molecule has 0 unspecified atom stereocenters. The molecule has 1 amide bonds. The van der Waals surface area contributed by atoms with Crippen LogP contribution < -0.4 is 0 Å². The van der Waals surface area contributed by atoms with Gasteiger partial charge in [0.1, 0.15) is 5.82 Å². The Morgan fingerprint density at radius 2 is 1.91 bits per heavy atom. The number of carbonyl (C=O) groups excluding carboxylic acids is 1. The number of alkyl halides is 3. The van der Waals surface area contributed by atoms with Gasteiger partial charge in [-0.1, -0.05) is 13.0 Å². The zero-order valence-electron chi connectivity index (χ0n) is 19.5. The number of piperidine rings is 1. The van der Waals surface area contributed by atoms with Crippen molar-refractivity contribution in [2.45, 2.75) is 58.3 Å². The fraction of sp³-hybridized carbons (Fsp3) is 0.440. The van der Waals surface area contributed by atoms with E-state index >= 15 is 0 Å². The van der Waals surface area contributed by atoms with Crippen molar-refractivity contribution in [2.75, 3.05) is 0 Å². The Bertz CT molecular complexity index is 1280. The number of hydrogen-bond donors (Lipinski definition) is 0. The molecule has 6 nitrogen and oxygen atoms in total. The molecule has 5 rings (SSSR count). The second kappa shape index (κ2) is 7.92. The van der Waals surface area contributed by atoms with Gasteiger partial charge in [-0.2, -0.15) is 18.3 Å². The average Bonchev–Trinajstić information content (AvgIpc) is 3.20. The van der Waals surface area contributed by atoms with Crippen molar-refractivity contribution in [3.63, 3.8) is 0 Å². The molecule has 34 heavy (non-hydrogen) atoms. The van der Waals surface area contributed by atoms with Crippen LogP contribution in [0.4, 0.5) is 13.2 Å². The predicted octanol–water partition coefficient (Wildman–Crippen LogP) is 5.05. The Labute approximate surface area is 195 Å².